The molecule has 0 saturated heterocycles. The molecule has 0 aliphatic rings. The second-order valence-corrected chi connectivity index (χ2v) is 6.62. The van der Waals surface area contributed by atoms with Crippen molar-refractivity contribution in [3.8, 4) is 11.5 Å². The molecule has 0 bridgehead atoms. The number of benzene rings is 1. The fourth-order valence-corrected chi connectivity index (χ4v) is 2.81. The Balaban J connectivity index is 1.66. The summed E-state index contributed by atoms with van der Waals surface area (Å²) in [7, 11) is 0. The Morgan fingerprint density at radius 3 is 2.71 bits per heavy atom. The van der Waals surface area contributed by atoms with Crippen LogP contribution in [0.15, 0.2) is 50.7 Å². The molecular formula is C17H17N3O3S. The van der Waals surface area contributed by atoms with Gasteiger partial charge in [0.2, 0.25) is 5.91 Å². The maximum Gasteiger partial charge on any atom is 0.277 e. The minimum Gasteiger partial charge on any atom is -0.469 e. The van der Waals surface area contributed by atoms with Crippen molar-refractivity contribution in [3.05, 3.63) is 47.9 Å². The number of carbonyl (C=O) groups is 1. The highest BCUT2D eigenvalue weighted by molar-refractivity contribution is 8.00. The van der Waals surface area contributed by atoms with Gasteiger partial charge in [0.05, 0.1) is 17.1 Å². The predicted octanol–water partition coefficient (Wildman–Crippen LogP) is 4.07. The number of aryl methyl sites for hydroxylation is 2. The molecule has 2 aromatic heterocycles. The lowest BCUT2D eigenvalue weighted by atomic mass is 10.2. The largest absolute Gasteiger partial charge is 0.469 e. The highest BCUT2D eigenvalue weighted by Crippen LogP contribution is 2.28. The normalized spacial score (nSPS) is 12.1. The van der Waals surface area contributed by atoms with Crippen LogP contribution in [0.1, 0.15) is 18.2 Å². The first kappa shape index (κ1) is 16.3. The smallest absolute Gasteiger partial charge is 0.277 e. The van der Waals surface area contributed by atoms with Gasteiger partial charge in [-0.25, -0.2) is 0 Å². The van der Waals surface area contributed by atoms with Crippen molar-refractivity contribution in [2.24, 2.45) is 0 Å². The van der Waals surface area contributed by atoms with Crippen molar-refractivity contribution >= 4 is 23.4 Å². The van der Waals surface area contributed by atoms with E-state index in [9.17, 15) is 4.79 Å². The zero-order valence-corrected chi connectivity index (χ0v) is 14.4. The number of carbonyl (C=O) groups excluding carboxylic acids is 1. The lowest BCUT2D eigenvalue weighted by Gasteiger charge is -2.11. The quantitative estimate of drug-likeness (QED) is 0.703. The number of nitrogens with one attached hydrogen (secondary N) is 1. The van der Waals surface area contributed by atoms with Crippen molar-refractivity contribution in [1.29, 1.82) is 0 Å². The van der Waals surface area contributed by atoms with Crippen LogP contribution < -0.4 is 5.32 Å². The minimum atomic E-state index is -0.372. The topological polar surface area (TPSA) is 81.2 Å². The number of nitrogens with zero attached hydrogens (tertiary/aromatic N) is 2. The summed E-state index contributed by atoms with van der Waals surface area (Å²) >= 11 is 1.22. The molecule has 3 aromatic rings. The number of hydrogen-bond acceptors (Lipinski definition) is 6. The molecule has 0 spiro atoms. The molecule has 0 aliphatic heterocycles. The Labute approximate surface area is 143 Å². The Morgan fingerprint density at radius 1 is 1.21 bits per heavy atom. The van der Waals surface area contributed by atoms with E-state index < -0.39 is 0 Å². The van der Waals surface area contributed by atoms with Gasteiger partial charge in [0.15, 0.2) is 0 Å². The second kappa shape index (κ2) is 6.92. The Kier molecular flexibility index (Phi) is 4.71. The first-order valence-corrected chi connectivity index (χ1v) is 8.33. The molecule has 1 atom stereocenters. The first-order valence-electron chi connectivity index (χ1n) is 7.45. The number of thioether (sulfide) groups is 1. The summed E-state index contributed by atoms with van der Waals surface area (Å²) in [4.78, 5) is 12.3. The third-order valence-electron chi connectivity index (χ3n) is 3.55. The van der Waals surface area contributed by atoms with E-state index >= 15 is 0 Å². The molecule has 24 heavy (non-hydrogen) atoms. The van der Waals surface area contributed by atoms with Crippen LogP contribution in [0.5, 0.6) is 0 Å². The molecule has 0 saturated carbocycles. The summed E-state index contributed by atoms with van der Waals surface area (Å²) < 4.78 is 10.8. The highest BCUT2D eigenvalue weighted by atomic mass is 32.2. The predicted molar refractivity (Wildman–Crippen MR) is 91.9 cm³/mol. The highest BCUT2D eigenvalue weighted by Gasteiger charge is 2.20. The number of aromatic nitrogens is 2. The van der Waals surface area contributed by atoms with E-state index in [1.807, 2.05) is 38.1 Å². The van der Waals surface area contributed by atoms with Gasteiger partial charge in [-0.3, -0.25) is 4.79 Å². The molecule has 2 heterocycles. The second-order valence-electron chi connectivity index (χ2n) is 5.33. The van der Waals surface area contributed by atoms with Crippen LogP contribution in [-0.4, -0.2) is 21.4 Å². The van der Waals surface area contributed by atoms with Gasteiger partial charge in [-0.05, 0) is 38.5 Å². The molecule has 1 aromatic carbocycles. The number of hydrogen-bond donors (Lipinski definition) is 1. The summed E-state index contributed by atoms with van der Waals surface area (Å²) in [6.45, 7) is 5.57. The summed E-state index contributed by atoms with van der Waals surface area (Å²) in [5.74, 6) is 0.976. The average molecular weight is 343 g/mol. The number of furan rings is 1. The third kappa shape index (κ3) is 3.51. The van der Waals surface area contributed by atoms with Gasteiger partial charge in [-0.15, -0.1) is 10.2 Å². The summed E-state index contributed by atoms with van der Waals surface area (Å²) in [6.07, 6.45) is 1.57. The molecule has 6 nitrogen and oxygen atoms in total. The zero-order chi connectivity index (χ0) is 17.1. The fourth-order valence-electron chi connectivity index (χ4n) is 2.13. The molecule has 3 rings (SSSR count). The van der Waals surface area contributed by atoms with Crippen molar-refractivity contribution in [3.63, 3.8) is 0 Å². The van der Waals surface area contributed by atoms with Gasteiger partial charge < -0.3 is 14.2 Å². The van der Waals surface area contributed by atoms with Gasteiger partial charge in [-0.1, -0.05) is 30.0 Å². The Hall–Kier alpha value is -2.54. The van der Waals surface area contributed by atoms with E-state index in [2.05, 4.69) is 15.5 Å². The van der Waals surface area contributed by atoms with Crippen LogP contribution >= 0.6 is 11.8 Å². The van der Waals surface area contributed by atoms with E-state index in [4.69, 9.17) is 8.83 Å². The fraction of sp³-hybridized carbons (Fsp3) is 0.235. The molecule has 1 amide bonds. The molecule has 124 valence electrons. The molecule has 0 unspecified atom stereocenters. The van der Waals surface area contributed by atoms with Crippen molar-refractivity contribution < 1.29 is 13.6 Å². The average Bonchev–Trinajstić information content (AvgIpc) is 3.18. The van der Waals surface area contributed by atoms with E-state index in [1.54, 1.807) is 19.3 Å². The Morgan fingerprint density at radius 2 is 2.00 bits per heavy atom. The van der Waals surface area contributed by atoms with Crippen LogP contribution in [0.2, 0.25) is 0 Å². The van der Waals surface area contributed by atoms with E-state index in [1.165, 1.54) is 11.8 Å². The van der Waals surface area contributed by atoms with Gasteiger partial charge >= 0.3 is 0 Å². The van der Waals surface area contributed by atoms with Gasteiger partial charge in [0, 0.05) is 5.69 Å². The SMILES string of the molecule is Cc1ccccc1NC(=O)[C@@H](C)Sc1nnc(-c2ccoc2C)o1. The third-order valence-corrected chi connectivity index (χ3v) is 4.48. The zero-order valence-electron chi connectivity index (χ0n) is 13.6. The number of amides is 1. The number of rotatable bonds is 5. The molecule has 0 fully saturated rings. The van der Waals surface area contributed by atoms with Crippen LogP contribution in [0.3, 0.4) is 0 Å². The summed E-state index contributed by atoms with van der Waals surface area (Å²) in [6, 6.07) is 9.41. The van der Waals surface area contributed by atoms with Gasteiger partial charge in [0.1, 0.15) is 5.76 Å². The van der Waals surface area contributed by atoms with Crippen LogP contribution in [-0.2, 0) is 4.79 Å². The van der Waals surface area contributed by atoms with Crippen LogP contribution in [0.4, 0.5) is 5.69 Å². The standard InChI is InChI=1S/C17H17N3O3S/c1-10-6-4-5-7-14(10)18-15(21)12(3)24-17-20-19-16(23-17)13-8-9-22-11(13)2/h4-9,12H,1-3H3,(H,18,21)/t12-/m1/s1. The molecular weight excluding hydrogens is 326 g/mol. The van der Waals surface area contributed by atoms with E-state index in [-0.39, 0.29) is 11.2 Å². The molecule has 0 radical (unpaired) electrons. The number of anilines is 1. The lowest BCUT2D eigenvalue weighted by Crippen LogP contribution is -2.22. The van der Waals surface area contributed by atoms with Crippen LogP contribution in [0, 0.1) is 13.8 Å². The van der Waals surface area contributed by atoms with Gasteiger partial charge in [-0.2, -0.15) is 0 Å². The Bertz CT molecular complexity index is 856. The maximum atomic E-state index is 12.3. The molecule has 1 N–H and O–H groups in total. The summed E-state index contributed by atoms with van der Waals surface area (Å²) in [5.41, 5.74) is 2.57. The van der Waals surface area contributed by atoms with Crippen molar-refractivity contribution in [2.45, 2.75) is 31.2 Å². The first-order chi connectivity index (χ1) is 11.5. The number of para-hydroxylation sites is 1. The molecule has 7 heteroatoms. The monoisotopic (exact) mass is 343 g/mol. The lowest BCUT2D eigenvalue weighted by molar-refractivity contribution is -0.115. The minimum absolute atomic E-state index is 0.117. The van der Waals surface area contributed by atoms with E-state index in [0.29, 0.717) is 16.9 Å². The van der Waals surface area contributed by atoms with E-state index in [0.717, 1.165) is 16.8 Å². The van der Waals surface area contributed by atoms with Crippen molar-refractivity contribution in [2.75, 3.05) is 5.32 Å². The van der Waals surface area contributed by atoms with Crippen LogP contribution in [0.25, 0.3) is 11.5 Å². The summed E-state index contributed by atoms with van der Waals surface area (Å²) in [5, 5.41) is 10.9. The van der Waals surface area contributed by atoms with Gasteiger partial charge in [0.25, 0.3) is 11.1 Å². The maximum absolute atomic E-state index is 12.3. The van der Waals surface area contributed by atoms with Crippen molar-refractivity contribution in [1.82, 2.24) is 10.2 Å². The molecule has 0 aliphatic carbocycles.